The number of amides is 1. The van der Waals surface area contributed by atoms with Gasteiger partial charge in [0.05, 0.1) is 25.8 Å². The van der Waals surface area contributed by atoms with Crippen LogP contribution in [-0.2, 0) is 9.53 Å². The van der Waals surface area contributed by atoms with Crippen LogP contribution in [0.15, 0.2) is 42.5 Å². The third-order valence-electron chi connectivity index (χ3n) is 4.43. The maximum atomic E-state index is 12.5. The number of hydrogen-bond acceptors (Lipinski definition) is 5. The fourth-order valence-corrected chi connectivity index (χ4v) is 2.80. The molecule has 2 aromatic carbocycles. The Labute approximate surface area is 165 Å². The monoisotopic (exact) mass is 385 g/mol. The minimum Gasteiger partial charge on any atom is -0.497 e. The fourth-order valence-electron chi connectivity index (χ4n) is 2.80. The van der Waals surface area contributed by atoms with Crippen molar-refractivity contribution in [1.82, 2.24) is 5.32 Å². The van der Waals surface area contributed by atoms with Crippen molar-refractivity contribution < 1.29 is 23.8 Å². The number of nitrogens with one attached hydrogen (secondary N) is 1. The average Bonchev–Trinajstić information content (AvgIpc) is 2.70. The lowest BCUT2D eigenvalue weighted by Crippen LogP contribution is -2.35. The number of aryl methyl sites for hydroxylation is 1. The van der Waals surface area contributed by atoms with Crippen molar-refractivity contribution in [2.24, 2.45) is 5.92 Å². The zero-order valence-corrected chi connectivity index (χ0v) is 16.9. The van der Waals surface area contributed by atoms with E-state index in [0.29, 0.717) is 11.3 Å². The summed E-state index contributed by atoms with van der Waals surface area (Å²) in [4.78, 5) is 24.1. The molecular weight excluding hydrogens is 358 g/mol. The molecule has 1 amide bonds. The van der Waals surface area contributed by atoms with Crippen molar-refractivity contribution in [3.05, 3.63) is 59.2 Å². The van der Waals surface area contributed by atoms with E-state index in [1.807, 2.05) is 45.0 Å². The first-order valence-corrected chi connectivity index (χ1v) is 9.10. The largest absolute Gasteiger partial charge is 0.497 e. The maximum Gasteiger partial charge on any atom is 0.337 e. The Hall–Kier alpha value is -3.02. The van der Waals surface area contributed by atoms with Crippen LogP contribution in [0, 0.1) is 12.8 Å². The van der Waals surface area contributed by atoms with E-state index in [4.69, 9.17) is 14.2 Å². The van der Waals surface area contributed by atoms with Gasteiger partial charge < -0.3 is 19.5 Å². The zero-order valence-electron chi connectivity index (χ0n) is 16.9. The van der Waals surface area contributed by atoms with Crippen LogP contribution in [0.1, 0.15) is 41.4 Å². The maximum absolute atomic E-state index is 12.5. The fraction of sp³-hybridized carbons (Fsp3) is 0.364. The number of rotatable bonds is 8. The Bertz CT molecular complexity index is 814. The molecule has 150 valence electrons. The number of esters is 1. The van der Waals surface area contributed by atoms with Crippen molar-refractivity contribution in [2.75, 3.05) is 20.8 Å². The predicted molar refractivity (Wildman–Crippen MR) is 107 cm³/mol. The Morgan fingerprint density at radius 1 is 1.04 bits per heavy atom. The zero-order chi connectivity index (χ0) is 20.7. The topological polar surface area (TPSA) is 73.9 Å². The minimum atomic E-state index is -0.450. The molecule has 0 fully saturated rings. The van der Waals surface area contributed by atoms with Crippen LogP contribution in [0.25, 0.3) is 0 Å². The summed E-state index contributed by atoms with van der Waals surface area (Å²) in [5.74, 6) is 0.748. The Morgan fingerprint density at radius 3 is 2.29 bits per heavy atom. The van der Waals surface area contributed by atoms with Gasteiger partial charge in [0, 0.05) is 0 Å². The van der Waals surface area contributed by atoms with E-state index in [-0.39, 0.29) is 24.5 Å². The van der Waals surface area contributed by atoms with Crippen LogP contribution in [0.2, 0.25) is 0 Å². The molecule has 0 heterocycles. The molecule has 1 N–H and O–H groups in total. The lowest BCUT2D eigenvalue weighted by molar-refractivity contribution is -0.124. The van der Waals surface area contributed by atoms with Gasteiger partial charge >= 0.3 is 5.97 Å². The van der Waals surface area contributed by atoms with Crippen LogP contribution >= 0.6 is 0 Å². The standard InChI is InChI=1S/C22H27NO5/c1-14(2)21(16-8-10-18(26-4)11-9-16)23-20(24)13-28-19-12-17(22(25)27-5)7-6-15(19)3/h6-12,14,21H,13H2,1-5H3,(H,23,24). The van der Waals surface area contributed by atoms with E-state index in [1.54, 1.807) is 25.3 Å². The van der Waals surface area contributed by atoms with Gasteiger partial charge in [-0.1, -0.05) is 32.0 Å². The van der Waals surface area contributed by atoms with Gasteiger partial charge in [-0.3, -0.25) is 4.79 Å². The van der Waals surface area contributed by atoms with E-state index in [9.17, 15) is 9.59 Å². The molecule has 0 saturated carbocycles. The lowest BCUT2D eigenvalue weighted by atomic mass is 9.96. The summed E-state index contributed by atoms with van der Waals surface area (Å²) in [5, 5.41) is 3.01. The smallest absolute Gasteiger partial charge is 0.337 e. The lowest BCUT2D eigenvalue weighted by Gasteiger charge is -2.23. The van der Waals surface area contributed by atoms with E-state index in [1.165, 1.54) is 7.11 Å². The van der Waals surface area contributed by atoms with Crippen molar-refractivity contribution in [1.29, 1.82) is 0 Å². The summed E-state index contributed by atoms with van der Waals surface area (Å²) in [6, 6.07) is 12.5. The summed E-state index contributed by atoms with van der Waals surface area (Å²) < 4.78 is 15.5. The normalized spacial score (nSPS) is 11.6. The molecule has 1 unspecified atom stereocenters. The highest BCUT2D eigenvalue weighted by Gasteiger charge is 2.19. The van der Waals surface area contributed by atoms with Gasteiger partial charge in [0.2, 0.25) is 0 Å². The van der Waals surface area contributed by atoms with Crippen molar-refractivity contribution >= 4 is 11.9 Å². The van der Waals surface area contributed by atoms with Crippen LogP contribution in [0.3, 0.4) is 0 Å². The van der Waals surface area contributed by atoms with Gasteiger partial charge in [0.1, 0.15) is 11.5 Å². The van der Waals surface area contributed by atoms with Crippen molar-refractivity contribution in [2.45, 2.75) is 26.8 Å². The van der Waals surface area contributed by atoms with Crippen molar-refractivity contribution in [3.8, 4) is 11.5 Å². The van der Waals surface area contributed by atoms with Crippen LogP contribution in [0.4, 0.5) is 0 Å². The average molecular weight is 385 g/mol. The van der Waals surface area contributed by atoms with E-state index >= 15 is 0 Å². The van der Waals surface area contributed by atoms with Crippen molar-refractivity contribution in [3.63, 3.8) is 0 Å². The third kappa shape index (κ3) is 5.49. The van der Waals surface area contributed by atoms with Gasteiger partial charge in [-0.25, -0.2) is 4.79 Å². The van der Waals surface area contributed by atoms with Gasteiger partial charge in [0.25, 0.3) is 5.91 Å². The molecule has 28 heavy (non-hydrogen) atoms. The van der Waals surface area contributed by atoms with Crippen LogP contribution in [-0.4, -0.2) is 32.7 Å². The van der Waals surface area contributed by atoms with E-state index in [2.05, 4.69) is 5.32 Å². The molecule has 2 aromatic rings. The summed E-state index contributed by atoms with van der Waals surface area (Å²) in [6.45, 7) is 5.79. The molecular formula is C22H27NO5. The molecule has 0 spiro atoms. The summed E-state index contributed by atoms with van der Waals surface area (Å²) in [6.07, 6.45) is 0. The van der Waals surface area contributed by atoms with Crippen LogP contribution in [0.5, 0.6) is 11.5 Å². The minimum absolute atomic E-state index is 0.148. The Morgan fingerprint density at radius 2 is 1.71 bits per heavy atom. The highest BCUT2D eigenvalue weighted by atomic mass is 16.5. The first-order valence-electron chi connectivity index (χ1n) is 9.10. The molecule has 0 aliphatic heterocycles. The third-order valence-corrected chi connectivity index (χ3v) is 4.43. The highest BCUT2D eigenvalue weighted by Crippen LogP contribution is 2.24. The molecule has 6 heteroatoms. The quantitative estimate of drug-likeness (QED) is 0.702. The molecule has 2 rings (SSSR count). The van der Waals surface area contributed by atoms with Gasteiger partial charge in [-0.15, -0.1) is 0 Å². The first kappa shape index (κ1) is 21.3. The van der Waals surface area contributed by atoms with Gasteiger partial charge in [-0.2, -0.15) is 0 Å². The second-order valence-electron chi connectivity index (χ2n) is 6.82. The molecule has 0 aliphatic carbocycles. The SMILES string of the molecule is COC(=O)c1ccc(C)c(OCC(=O)NC(c2ccc(OC)cc2)C(C)C)c1. The molecule has 0 aromatic heterocycles. The van der Waals surface area contributed by atoms with E-state index < -0.39 is 5.97 Å². The molecule has 0 bridgehead atoms. The first-order chi connectivity index (χ1) is 13.3. The number of hydrogen-bond donors (Lipinski definition) is 1. The molecule has 0 saturated heterocycles. The Kier molecular flexibility index (Phi) is 7.44. The number of ether oxygens (including phenoxy) is 3. The molecule has 6 nitrogen and oxygen atoms in total. The highest BCUT2D eigenvalue weighted by molar-refractivity contribution is 5.90. The second kappa shape index (κ2) is 9.78. The second-order valence-corrected chi connectivity index (χ2v) is 6.82. The Balaban J connectivity index is 2.04. The molecule has 1 atom stereocenters. The van der Waals surface area contributed by atoms with Gasteiger partial charge in [0.15, 0.2) is 6.61 Å². The number of benzene rings is 2. The number of carbonyl (C=O) groups excluding carboxylic acids is 2. The molecule has 0 radical (unpaired) electrons. The van der Waals surface area contributed by atoms with Gasteiger partial charge in [-0.05, 0) is 48.2 Å². The summed E-state index contributed by atoms with van der Waals surface area (Å²) in [7, 11) is 2.94. The predicted octanol–water partition coefficient (Wildman–Crippen LogP) is 3.68. The summed E-state index contributed by atoms with van der Waals surface area (Å²) >= 11 is 0. The number of carbonyl (C=O) groups is 2. The number of methoxy groups -OCH3 is 2. The van der Waals surface area contributed by atoms with Crippen LogP contribution < -0.4 is 14.8 Å². The van der Waals surface area contributed by atoms with E-state index in [0.717, 1.165) is 16.9 Å². The summed E-state index contributed by atoms with van der Waals surface area (Å²) in [5.41, 5.74) is 2.20. The molecule has 0 aliphatic rings.